The zero-order chi connectivity index (χ0) is 9.54. The highest BCUT2D eigenvalue weighted by Crippen LogP contribution is 2.51. The van der Waals surface area contributed by atoms with Gasteiger partial charge in [0.05, 0.1) is 6.20 Å². The Labute approximate surface area is 81.0 Å². The van der Waals surface area contributed by atoms with Gasteiger partial charge < -0.3 is 5.73 Å². The van der Waals surface area contributed by atoms with Gasteiger partial charge in [-0.3, -0.25) is 4.90 Å². The summed E-state index contributed by atoms with van der Waals surface area (Å²) < 4.78 is 0. The highest BCUT2D eigenvalue weighted by atomic mass is 15.4. The lowest BCUT2D eigenvalue weighted by Crippen LogP contribution is -1.90. The molecule has 2 heterocycles. The van der Waals surface area contributed by atoms with Gasteiger partial charge in [0.25, 0.3) is 0 Å². The highest BCUT2D eigenvalue weighted by Gasteiger charge is 2.33. The molecular formula is C10H8N4. The topological polar surface area (TPSA) is 54.8 Å². The van der Waals surface area contributed by atoms with Crippen molar-refractivity contribution in [3.8, 4) is 0 Å². The first kappa shape index (κ1) is 7.32. The van der Waals surface area contributed by atoms with Crippen LogP contribution in [0.1, 0.15) is 0 Å². The average Bonchev–Trinajstić information content (AvgIpc) is 2.92. The van der Waals surface area contributed by atoms with E-state index in [1.54, 1.807) is 6.20 Å². The summed E-state index contributed by atoms with van der Waals surface area (Å²) in [5.41, 5.74) is 7.62. The van der Waals surface area contributed by atoms with E-state index in [1.807, 2.05) is 35.2 Å². The number of nitrogens with two attached hydrogens (primary N) is 1. The van der Waals surface area contributed by atoms with E-state index < -0.39 is 0 Å². The first-order chi connectivity index (χ1) is 6.86. The summed E-state index contributed by atoms with van der Waals surface area (Å²) in [4.78, 5) is 10.1. The Bertz CT molecular complexity index is 481. The van der Waals surface area contributed by atoms with E-state index in [0.717, 1.165) is 17.2 Å². The van der Waals surface area contributed by atoms with Gasteiger partial charge >= 0.3 is 0 Å². The summed E-state index contributed by atoms with van der Waals surface area (Å²) in [7, 11) is 0. The van der Waals surface area contributed by atoms with Crippen LogP contribution in [0.2, 0.25) is 0 Å². The van der Waals surface area contributed by atoms with Gasteiger partial charge in [0.2, 0.25) is 5.95 Å². The van der Waals surface area contributed by atoms with Crippen LogP contribution in [0, 0.1) is 0 Å². The van der Waals surface area contributed by atoms with Crippen LogP contribution >= 0.6 is 0 Å². The third-order valence-electron chi connectivity index (χ3n) is 2.19. The molecular weight excluding hydrogens is 176 g/mol. The molecule has 2 aromatic rings. The average molecular weight is 184 g/mol. The van der Waals surface area contributed by atoms with Crippen molar-refractivity contribution < 1.29 is 0 Å². The molecule has 3 rings (SSSR count). The van der Waals surface area contributed by atoms with Crippen LogP contribution in [0.5, 0.6) is 0 Å². The molecule has 14 heavy (non-hydrogen) atoms. The van der Waals surface area contributed by atoms with Crippen molar-refractivity contribution in [3.63, 3.8) is 0 Å². The number of nitrogen functional groups attached to an aromatic ring is 1. The minimum Gasteiger partial charge on any atom is -0.368 e. The second-order valence-corrected chi connectivity index (χ2v) is 3.11. The standard InChI is InChI=1S/C10H8N4/c11-10-12-6-8-9(13-10)14(8)7-4-2-1-3-5-7/h1-6H,(H2,11,12,13). The smallest absolute Gasteiger partial charge is 0.222 e. The van der Waals surface area contributed by atoms with Gasteiger partial charge in [-0.15, -0.1) is 0 Å². The molecule has 0 spiro atoms. The van der Waals surface area contributed by atoms with Crippen LogP contribution in [0.25, 0.3) is 0 Å². The Balaban J connectivity index is 2.01. The maximum absolute atomic E-state index is 5.48. The van der Waals surface area contributed by atoms with Gasteiger partial charge in [-0.1, -0.05) is 18.2 Å². The molecule has 0 amide bonds. The summed E-state index contributed by atoms with van der Waals surface area (Å²) >= 11 is 0. The molecule has 68 valence electrons. The van der Waals surface area contributed by atoms with Crippen LogP contribution in [-0.4, -0.2) is 9.97 Å². The molecule has 1 aliphatic heterocycles. The summed E-state index contributed by atoms with van der Waals surface area (Å²) in [6, 6.07) is 10.0. The van der Waals surface area contributed by atoms with Crippen molar-refractivity contribution in [2.45, 2.75) is 0 Å². The SMILES string of the molecule is Nc1ncc2c(n1)N2c1ccccc1. The van der Waals surface area contributed by atoms with Crippen molar-refractivity contribution in [1.82, 2.24) is 9.97 Å². The van der Waals surface area contributed by atoms with Crippen molar-refractivity contribution in [1.29, 1.82) is 0 Å². The van der Waals surface area contributed by atoms with E-state index in [4.69, 9.17) is 5.73 Å². The predicted molar refractivity (Wildman–Crippen MR) is 54.7 cm³/mol. The lowest BCUT2D eigenvalue weighted by atomic mass is 10.3. The van der Waals surface area contributed by atoms with Crippen LogP contribution in [0.4, 0.5) is 23.1 Å². The Hall–Kier alpha value is -2.10. The third-order valence-corrected chi connectivity index (χ3v) is 2.19. The molecule has 2 N–H and O–H groups in total. The number of fused-ring (bicyclic) bond motifs is 1. The molecule has 0 saturated carbocycles. The van der Waals surface area contributed by atoms with E-state index in [2.05, 4.69) is 9.97 Å². The number of anilines is 4. The number of hydrogen-bond acceptors (Lipinski definition) is 4. The molecule has 1 aromatic carbocycles. The lowest BCUT2D eigenvalue weighted by molar-refractivity contribution is 1.24. The fourth-order valence-corrected chi connectivity index (χ4v) is 1.49. The first-order valence-electron chi connectivity index (χ1n) is 4.34. The minimum atomic E-state index is 0.321. The molecule has 4 nitrogen and oxygen atoms in total. The summed E-state index contributed by atoms with van der Waals surface area (Å²) in [6.45, 7) is 0. The summed E-state index contributed by atoms with van der Waals surface area (Å²) in [6.07, 6.45) is 1.74. The number of aromatic nitrogens is 2. The molecule has 4 heteroatoms. The molecule has 0 saturated heterocycles. The number of rotatable bonds is 1. The van der Waals surface area contributed by atoms with Gasteiger partial charge in [0.15, 0.2) is 5.82 Å². The van der Waals surface area contributed by atoms with Gasteiger partial charge in [-0.25, -0.2) is 4.98 Å². The van der Waals surface area contributed by atoms with Gasteiger partial charge in [0, 0.05) is 5.69 Å². The zero-order valence-electron chi connectivity index (χ0n) is 7.38. The Kier molecular flexibility index (Phi) is 1.28. The largest absolute Gasteiger partial charge is 0.368 e. The predicted octanol–water partition coefficient (Wildman–Crippen LogP) is 1.84. The van der Waals surface area contributed by atoms with E-state index in [-0.39, 0.29) is 0 Å². The Morgan fingerprint density at radius 1 is 1.14 bits per heavy atom. The Morgan fingerprint density at radius 2 is 1.93 bits per heavy atom. The molecule has 1 aromatic heterocycles. The summed E-state index contributed by atoms with van der Waals surface area (Å²) in [5.74, 6) is 1.23. The minimum absolute atomic E-state index is 0.321. The van der Waals surface area contributed by atoms with Crippen molar-refractivity contribution in [2.24, 2.45) is 0 Å². The van der Waals surface area contributed by atoms with Crippen molar-refractivity contribution >= 4 is 23.1 Å². The van der Waals surface area contributed by atoms with Crippen LogP contribution in [-0.2, 0) is 0 Å². The maximum Gasteiger partial charge on any atom is 0.222 e. The number of nitrogens with zero attached hydrogens (tertiary/aromatic N) is 3. The second kappa shape index (κ2) is 2.45. The van der Waals surface area contributed by atoms with Crippen LogP contribution in [0.15, 0.2) is 36.5 Å². The zero-order valence-corrected chi connectivity index (χ0v) is 7.38. The monoisotopic (exact) mass is 184 g/mol. The Morgan fingerprint density at radius 3 is 2.64 bits per heavy atom. The molecule has 0 fully saturated rings. The number of benzene rings is 1. The highest BCUT2D eigenvalue weighted by molar-refractivity contribution is 5.97. The number of hydrogen-bond donors (Lipinski definition) is 1. The normalized spacial score (nSPS) is 12.4. The van der Waals surface area contributed by atoms with Crippen molar-refractivity contribution in [3.05, 3.63) is 36.5 Å². The van der Waals surface area contributed by atoms with Gasteiger partial charge in [-0.2, -0.15) is 4.98 Å². The van der Waals surface area contributed by atoms with E-state index >= 15 is 0 Å². The molecule has 1 aliphatic rings. The summed E-state index contributed by atoms with van der Waals surface area (Å²) in [5, 5.41) is 0. The first-order valence-corrected chi connectivity index (χ1v) is 4.34. The fraction of sp³-hybridized carbons (Fsp3) is 0. The van der Waals surface area contributed by atoms with Crippen molar-refractivity contribution in [2.75, 3.05) is 10.6 Å². The molecule has 0 atom stereocenters. The van der Waals surface area contributed by atoms with Gasteiger partial charge in [0.1, 0.15) is 5.69 Å². The van der Waals surface area contributed by atoms with Crippen LogP contribution < -0.4 is 10.6 Å². The lowest BCUT2D eigenvalue weighted by Gasteiger charge is -1.99. The molecule has 0 aliphatic carbocycles. The van der Waals surface area contributed by atoms with E-state index in [0.29, 0.717) is 5.95 Å². The van der Waals surface area contributed by atoms with E-state index in [9.17, 15) is 0 Å². The third kappa shape index (κ3) is 0.939. The maximum atomic E-state index is 5.48. The van der Waals surface area contributed by atoms with E-state index in [1.165, 1.54) is 0 Å². The fourth-order valence-electron chi connectivity index (χ4n) is 1.49. The van der Waals surface area contributed by atoms with Crippen LogP contribution in [0.3, 0.4) is 0 Å². The molecule has 0 unspecified atom stereocenters. The van der Waals surface area contributed by atoms with Gasteiger partial charge in [-0.05, 0) is 12.1 Å². The quantitative estimate of drug-likeness (QED) is 0.586. The molecule has 0 bridgehead atoms. The second-order valence-electron chi connectivity index (χ2n) is 3.11. The number of para-hydroxylation sites is 1. The molecule has 0 radical (unpaired) electrons.